The van der Waals surface area contributed by atoms with Crippen LogP contribution in [0.5, 0.6) is 0 Å². The summed E-state index contributed by atoms with van der Waals surface area (Å²) in [6.45, 7) is 4.41. The van der Waals surface area contributed by atoms with Crippen molar-refractivity contribution < 1.29 is 37.1 Å². The molecular weight excluding hydrogens is 647 g/mol. The van der Waals surface area contributed by atoms with E-state index in [2.05, 4.69) is 16.0 Å². The molecule has 0 radical (unpaired) electrons. The highest BCUT2D eigenvalue weighted by atomic mass is 19.4. The molecule has 11 heteroatoms. The number of hydrogen-bond donors (Lipinski definition) is 3. The van der Waals surface area contributed by atoms with Gasteiger partial charge in [-0.1, -0.05) is 86.6 Å². The lowest BCUT2D eigenvalue weighted by molar-refractivity contribution is -0.147. The maximum Gasteiger partial charge on any atom is 0.416 e. The van der Waals surface area contributed by atoms with E-state index in [1.165, 1.54) is 12.1 Å². The molecular formula is C39H40F3N3O5. The van der Waals surface area contributed by atoms with Gasteiger partial charge in [0.1, 0.15) is 0 Å². The topological polar surface area (TPSA) is 114 Å². The van der Waals surface area contributed by atoms with Gasteiger partial charge in [0.05, 0.1) is 18.6 Å². The normalized spacial score (nSPS) is 11.4. The molecule has 4 rings (SSSR count). The number of nitrogens with one attached hydrogen (secondary N) is 3. The summed E-state index contributed by atoms with van der Waals surface area (Å²) in [6.07, 6.45) is -3.26. The Bertz CT molecular complexity index is 1740. The van der Waals surface area contributed by atoms with Crippen LogP contribution in [0.3, 0.4) is 0 Å². The Balaban J connectivity index is 1.40. The highest BCUT2D eigenvalue weighted by molar-refractivity contribution is 6.11. The van der Waals surface area contributed by atoms with E-state index in [0.29, 0.717) is 53.9 Å². The van der Waals surface area contributed by atoms with E-state index >= 15 is 0 Å². The molecule has 0 aliphatic heterocycles. The highest BCUT2D eigenvalue weighted by Crippen LogP contribution is 2.33. The van der Waals surface area contributed by atoms with Crippen LogP contribution in [0.25, 0.3) is 11.1 Å². The zero-order chi connectivity index (χ0) is 36.1. The summed E-state index contributed by atoms with van der Waals surface area (Å²) in [4.78, 5) is 53.1. The predicted octanol–water partition coefficient (Wildman–Crippen LogP) is 7.09. The second-order valence-corrected chi connectivity index (χ2v) is 11.7. The summed E-state index contributed by atoms with van der Waals surface area (Å²) >= 11 is 0. The van der Waals surface area contributed by atoms with Crippen molar-refractivity contribution >= 4 is 29.4 Å². The quantitative estimate of drug-likeness (QED) is 0.0913. The average molecular weight is 688 g/mol. The minimum atomic E-state index is -4.47. The van der Waals surface area contributed by atoms with Crippen LogP contribution in [0, 0.1) is 0 Å². The van der Waals surface area contributed by atoms with E-state index in [9.17, 15) is 32.3 Å². The molecule has 0 unspecified atom stereocenters. The summed E-state index contributed by atoms with van der Waals surface area (Å²) < 4.78 is 44.6. The highest BCUT2D eigenvalue weighted by Gasteiger charge is 2.47. The van der Waals surface area contributed by atoms with E-state index in [-0.39, 0.29) is 25.0 Å². The van der Waals surface area contributed by atoms with Crippen molar-refractivity contribution in [3.05, 3.63) is 125 Å². The maximum absolute atomic E-state index is 13.6. The monoisotopic (exact) mass is 687 g/mol. The van der Waals surface area contributed by atoms with E-state index in [0.717, 1.165) is 12.1 Å². The first-order valence-electron chi connectivity index (χ1n) is 16.4. The van der Waals surface area contributed by atoms with Crippen molar-refractivity contribution in [2.75, 3.05) is 25.0 Å². The van der Waals surface area contributed by atoms with E-state index in [1.807, 2.05) is 13.8 Å². The first-order valence-corrected chi connectivity index (χ1v) is 16.4. The van der Waals surface area contributed by atoms with Crippen LogP contribution in [0.2, 0.25) is 0 Å². The van der Waals surface area contributed by atoms with Crippen molar-refractivity contribution in [2.45, 2.75) is 51.1 Å². The van der Waals surface area contributed by atoms with Crippen molar-refractivity contribution in [1.29, 1.82) is 0 Å². The van der Waals surface area contributed by atoms with Gasteiger partial charge in [-0.05, 0) is 65.4 Å². The number of ether oxygens (including phenoxy) is 1. The number of benzene rings is 4. The standard InChI is InChI=1S/C39H40F3N3O5/c1-3-23-43-36(48)38(37(49)44-24-4-2,29-10-6-5-7-11-29)22-25-50-34(46)26-27-14-20-31(21-15-27)45-35(47)33-13-9-8-12-32(33)28-16-18-30(19-17-28)39(40,41)42/h5-21H,3-4,22-26H2,1-2H3,(H,43,48)(H,44,49)(H,45,47). The number of amides is 3. The molecule has 4 aromatic rings. The van der Waals surface area contributed by atoms with Crippen LogP contribution >= 0.6 is 0 Å². The molecule has 0 saturated carbocycles. The minimum Gasteiger partial charge on any atom is -0.465 e. The van der Waals surface area contributed by atoms with Gasteiger partial charge in [-0.3, -0.25) is 19.2 Å². The zero-order valence-corrected chi connectivity index (χ0v) is 27.9. The Morgan fingerprint density at radius 3 is 1.84 bits per heavy atom. The minimum absolute atomic E-state index is 0.0627. The molecule has 8 nitrogen and oxygen atoms in total. The molecule has 4 aromatic carbocycles. The van der Waals surface area contributed by atoms with Crippen molar-refractivity contribution in [2.24, 2.45) is 0 Å². The number of alkyl halides is 3. The summed E-state index contributed by atoms with van der Waals surface area (Å²) in [6, 6.07) is 26.5. The van der Waals surface area contributed by atoms with Crippen LogP contribution in [-0.4, -0.2) is 43.4 Å². The molecule has 262 valence electrons. The molecule has 3 amide bonds. The third-order valence-electron chi connectivity index (χ3n) is 8.11. The molecule has 0 fully saturated rings. The number of hydrogen-bond acceptors (Lipinski definition) is 5. The Morgan fingerprint density at radius 2 is 1.26 bits per heavy atom. The van der Waals surface area contributed by atoms with Crippen LogP contribution in [-0.2, 0) is 37.1 Å². The van der Waals surface area contributed by atoms with E-state index in [1.54, 1.807) is 78.9 Å². The fourth-order valence-electron chi connectivity index (χ4n) is 5.45. The molecule has 0 heterocycles. The first-order chi connectivity index (χ1) is 24.0. The molecule has 0 atom stereocenters. The second-order valence-electron chi connectivity index (χ2n) is 11.7. The third kappa shape index (κ3) is 9.37. The fraction of sp³-hybridized carbons (Fsp3) is 0.282. The lowest BCUT2D eigenvalue weighted by Crippen LogP contribution is -2.55. The molecule has 3 N–H and O–H groups in total. The van der Waals surface area contributed by atoms with Gasteiger partial charge in [0, 0.05) is 30.8 Å². The Labute approximate surface area is 289 Å². The third-order valence-corrected chi connectivity index (χ3v) is 8.11. The summed E-state index contributed by atoms with van der Waals surface area (Å²) in [7, 11) is 0. The van der Waals surface area contributed by atoms with E-state index < -0.39 is 40.8 Å². The van der Waals surface area contributed by atoms with Gasteiger partial charge in [-0.25, -0.2) is 0 Å². The van der Waals surface area contributed by atoms with Gasteiger partial charge in [0.2, 0.25) is 11.8 Å². The Kier molecular flexibility index (Phi) is 12.9. The number of carbonyl (C=O) groups is 4. The van der Waals surface area contributed by atoms with Gasteiger partial charge < -0.3 is 20.7 Å². The summed E-state index contributed by atoms with van der Waals surface area (Å²) in [5.74, 6) is -1.94. The van der Waals surface area contributed by atoms with Crippen molar-refractivity contribution in [3.63, 3.8) is 0 Å². The lowest BCUT2D eigenvalue weighted by Gasteiger charge is -2.31. The van der Waals surface area contributed by atoms with Crippen LogP contribution < -0.4 is 16.0 Å². The predicted molar refractivity (Wildman–Crippen MR) is 185 cm³/mol. The first kappa shape index (κ1) is 37.4. The average Bonchev–Trinajstić information content (AvgIpc) is 3.12. The number of carbonyl (C=O) groups excluding carboxylic acids is 4. The number of halogens is 3. The maximum atomic E-state index is 13.6. The van der Waals surface area contributed by atoms with Crippen molar-refractivity contribution in [1.82, 2.24) is 10.6 Å². The molecule has 0 aromatic heterocycles. The van der Waals surface area contributed by atoms with Crippen LogP contribution in [0.4, 0.5) is 18.9 Å². The second kappa shape index (κ2) is 17.3. The number of rotatable bonds is 15. The van der Waals surface area contributed by atoms with Gasteiger partial charge in [-0.15, -0.1) is 0 Å². The number of anilines is 1. The van der Waals surface area contributed by atoms with Crippen LogP contribution in [0.15, 0.2) is 103 Å². The molecule has 50 heavy (non-hydrogen) atoms. The fourth-order valence-corrected chi connectivity index (χ4v) is 5.45. The van der Waals surface area contributed by atoms with Crippen LogP contribution in [0.1, 0.15) is 60.2 Å². The molecule has 0 aliphatic rings. The lowest BCUT2D eigenvalue weighted by atomic mass is 9.75. The SMILES string of the molecule is CCCNC(=O)C(CCOC(=O)Cc1ccc(NC(=O)c2ccccc2-c2ccc(C(F)(F)F)cc2)cc1)(C(=O)NCCC)c1ccccc1. The smallest absolute Gasteiger partial charge is 0.416 e. The molecule has 0 spiro atoms. The molecule has 0 bridgehead atoms. The van der Waals surface area contributed by atoms with Gasteiger partial charge in [0.25, 0.3) is 5.91 Å². The van der Waals surface area contributed by atoms with Gasteiger partial charge >= 0.3 is 12.1 Å². The Hall–Kier alpha value is -5.45. The van der Waals surface area contributed by atoms with Gasteiger partial charge in [0.15, 0.2) is 5.41 Å². The zero-order valence-electron chi connectivity index (χ0n) is 27.9. The summed E-state index contributed by atoms with van der Waals surface area (Å²) in [5, 5.41) is 8.48. The van der Waals surface area contributed by atoms with Crippen molar-refractivity contribution in [3.8, 4) is 11.1 Å². The van der Waals surface area contributed by atoms with Gasteiger partial charge in [-0.2, -0.15) is 13.2 Å². The van der Waals surface area contributed by atoms with E-state index in [4.69, 9.17) is 4.74 Å². The largest absolute Gasteiger partial charge is 0.465 e. The Morgan fingerprint density at radius 1 is 0.680 bits per heavy atom. The molecule has 0 saturated heterocycles. The summed E-state index contributed by atoms with van der Waals surface area (Å²) in [5.41, 5.74) is 0.374. The number of esters is 1. The molecule has 0 aliphatic carbocycles.